The lowest BCUT2D eigenvalue weighted by Crippen LogP contribution is -2.35. The highest BCUT2D eigenvalue weighted by Crippen LogP contribution is 2.39. The SMILES string of the molecule is CCCNCCN(C)CC1CCC(C(C)(C)C)CC1. The van der Waals surface area contributed by atoms with Crippen molar-refractivity contribution in [3.8, 4) is 0 Å². The molecule has 2 nitrogen and oxygen atoms in total. The molecule has 1 aliphatic carbocycles. The highest BCUT2D eigenvalue weighted by molar-refractivity contribution is 4.81. The van der Waals surface area contributed by atoms with E-state index in [1.54, 1.807) is 0 Å². The van der Waals surface area contributed by atoms with Crippen LogP contribution in [0.25, 0.3) is 0 Å². The van der Waals surface area contributed by atoms with Crippen molar-refractivity contribution in [1.82, 2.24) is 10.2 Å². The van der Waals surface area contributed by atoms with E-state index in [-0.39, 0.29) is 0 Å². The predicted octanol–water partition coefficient (Wildman–Crippen LogP) is 3.77. The van der Waals surface area contributed by atoms with E-state index in [0.29, 0.717) is 5.41 Å². The summed E-state index contributed by atoms with van der Waals surface area (Å²) in [5, 5.41) is 3.49. The van der Waals surface area contributed by atoms with E-state index < -0.39 is 0 Å². The molecule has 0 radical (unpaired) electrons. The molecule has 0 heterocycles. The fraction of sp³-hybridized carbons (Fsp3) is 1.00. The van der Waals surface area contributed by atoms with Gasteiger partial charge in [0.05, 0.1) is 0 Å². The van der Waals surface area contributed by atoms with E-state index in [0.717, 1.165) is 24.9 Å². The van der Waals surface area contributed by atoms with Gasteiger partial charge in [0.2, 0.25) is 0 Å². The molecular formula is C17H36N2. The second kappa shape index (κ2) is 8.26. The molecule has 2 heteroatoms. The van der Waals surface area contributed by atoms with Crippen molar-refractivity contribution in [2.24, 2.45) is 17.3 Å². The van der Waals surface area contributed by atoms with Crippen molar-refractivity contribution < 1.29 is 0 Å². The second-order valence-corrected chi connectivity index (χ2v) is 7.60. The van der Waals surface area contributed by atoms with Gasteiger partial charge in [0, 0.05) is 19.6 Å². The predicted molar refractivity (Wildman–Crippen MR) is 85.6 cm³/mol. The summed E-state index contributed by atoms with van der Waals surface area (Å²) in [4.78, 5) is 2.52. The summed E-state index contributed by atoms with van der Waals surface area (Å²) in [5.74, 6) is 1.88. The first-order chi connectivity index (χ1) is 8.93. The maximum Gasteiger partial charge on any atom is 0.0104 e. The minimum Gasteiger partial charge on any atom is -0.315 e. The van der Waals surface area contributed by atoms with Gasteiger partial charge in [-0.2, -0.15) is 0 Å². The molecule has 1 fully saturated rings. The number of hydrogen-bond donors (Lipinski definition) is 1. The van der Waals surface area contributed by atoms with Crippen molar-refractivity contribution in [3.05, 3.63) is 0 Å². The minimum atomic E-state index is 0.515. The smallest absolute Gasteiger partial charge is 0.0104 e. The van der Waals surface area contributed by atoms with Crippen molar-refractivity contribution in [2.45, 2.75) is 59.8 Å². The van der Waals surface area contributed by atoms with Gasteiger partial charge in [-0.15, -0.1) is 0 Å². The van der Waals surface area contributed by atoms with Gasteiger partial charge in [0.1, 0.15) is 0 Å². The highest BCUT2D eigenvalue weighted by Gasteiger charge is 2.29. The van der Waals surface area contributed by atoms with Gasteiger partial charge in [-0.25, -0.2) is 0 Å². The van der Waals surface area contributed by atoms with Gasteiger partial charge in [0.25, 0.3) is 0 Å². The molecule has 0 aromatic rings. The lowest BCUT2D eigenvalue weighted by atomic mass is 9.70. The molecule has 1 rings (SSSR count). The molecule has 0 aliphatic heterocycles. The first kappa shape index (κ1) is 17.0. The molecule has 0 unspecified atom stereocenters. The van der Waals surface area contributed by atoms with Crippen LogP contribution in [0, 0.1) is 17.3 Å². The summed E-state index contributed by atoms with van der Waals surface area (Å²) in [6.07, 6.45) is 7.00. The fourth-order valence-electron chi connectivity index (χ4n) is 3.31. The number of hydrogen-bond acceptors (Lipinski definition) is 2. The highest BCUT2D eigenvalue weighted by atomic mass is 15.1. The van der Waals surface area contributed by atoms with Gasteiger partial charge in [-0.1, -0.05) is 27.7 Å². The Labute approximate surface area is 121 Å². The number of rotatable bonds is 7. The maximum absolute atomic E-state index is 3.49. The third kappa shape index (κ3) is 6.76. The van der Waals surface area contributed by atoms with Crippen LogP contribution >= 0.6 is 0 Å². The van der Waals surface area contributed by atoms with E-state index in [9.17, 15) is 0 Å². The monoisotopic (exact) mass is 268 g/mol. The van der Waals surface area contributed by atoms with Crippen LogP contribution in [0.3, 0.4) is 0 Å². The van der Waals surface area contributed by atoms with E-state index in [4.69, 9.17) is 0 Å². The van der Waals surface area contributed by atoms with Crippen molar-refractivity contribution in [2.75, 3.05) is 33.2 Å². The Hall–Kier alpha value is -0.0800. The Morgan fingerprint density at radius 2 is 1.68 bits per heavy atom. The van der Waals surface area contributed by atoms with Gasteiger partial charge < -0.3 is 10.2 Å². The molecule has 0 atom stereocenters. The van der Waals surface area contributed by atoms with Crippen LogP contribution in [-0.2, 0) is 0 Å². The zero-order chi connectivity index (χ0) is 14.3. The normalized spacial score (nSPS) is 24.9. The van der Waals surface area contributed by atoms with Crippen LogP contribution in [0.15, 0.2) is 0 Å². The first-order valence-corrected chi connectivity index (χ1v) is 8.32. The van der Waals surface area contributed by atoms with Crippen LogP contribution in [0.4, 0.5) is 0 Å². The summed E-state index contributed by atoms with van der Waals surface area (Å²) in [6.45, 7) is 14.2. The van der Waals surface area contributed by atoms with Crippen molar-refractivity contribution in [1.29, 1.82) is 0 Å². The zero-order valence-electron chi connectivity index (χ0n) is 14.0. The molecule has 1 N–H and O–H groups in total. The number of likely N-dealkylation sites (N-methyl/N-ethyl adjacent to an activating group) is 1. The average molecular weight is 268 g/mol. The summed E-state index contributed by atoms with van der Waals surface area (Å²) < 4.78 is 0. The molecule has 0 bridgehead atoms. The van der Waals surface area contributed by atoms with Crippen molar-refractivity contribution >= 4 is 0 Å². The van der Waals surface area contributed by atoms with E-state index in [2.05, 4.69) is 45.0 Å². The number of nitrogens with zero attached hydrogens (tertiary/aromatic N) is 1. The van der Waals surface area contributed by atoms with Crippen LogP contribution in [0.5, 0.6) is 0 Å². The Morgan fingerprint density at radius 1 is 1.05 bits per heavy atom. The maximum atomic E-state index is 3.49. The van der Waals surface area contributed by atoms with Crippen LogP contribution in [0.1, 0.15) is 59.8 Å². The molecular weight excluding hydrogens is 232 g/mol. The standard InChI is InChI=1S/C17H36N2/c1-6-11-18-12-13-19(5)14-15-7-9-16(10-8-15)17(2,3)4/h15-16,18H,6-14H2,1-5H3. The second-order valence-electron chi connectivity index (χ2n) is 7.60. The van der Waals surface area contributed by atoms with Gasteiger partial charge >= 0.3 is 0 Å². The Bertz CT molecular complexity index is 224. The molecule has 0 spiro atoms. The van der Waals surface area contributed by atoms with Crippen molar-refractivity contribution in [3.63, 3.8) is 0 Å². The largest absolute Gasteiger partial charge is 0.315 e. The molecule has 0 aromatic carbocycles. The zero-order valence-corrected chi connectivity index (χ0v) is 14.0. The molecule has 1 saturated carbocycles. The van der Waals surface area contributed by atoms with E-state index >= 15 is 0 Å². The quantitative estimate of drug-likeness (QED) is 0.707. The molecule has 0 aromatic heterocycles. The summed E-state index contributed by atoms with van der Waals surface area (Å²) >= 11 is 0. The van der Waals surface area contributed by atoms with Crippen LogP contribution in [0.2, 0.25) is 0 Å². The molecule has 114 valence electrons. The lowest BCUT2D eigenvalue weighted by Gasteiger charge is -2.38. The molecule has 0 amide bonds. The molecule has 1 aliphatic rings. The molecule has 19 heavy (non-hydrogen) atoms. The lowest BCUT2D eigenvalue weighted by molar-refractivity contribution is 0.131. The van der Waals surface area contributed by atoms with Gasteiger partial charge in [-0.3, -0.25) is 0 Å². The number of nitrogens with one attached hydrogen (secondary N) is 1. The average Bonchev–Trinajstić information content (AvgIpc) is 2.34. The Morgan fingerprint density at radius 3 is 2.21 bits per heavy atom. The van der Waals surface area contributed by atoms with Crippen LogP contribution < -0.4 is 5.32 Å². The summed E-state index contributed by atoms with van der Waals surface area (Å²) in [6, 6.07) is 0. The molecule has 0 saturated heterocycles. The summed E-state index contributed by atoms with van der Waals surface area (Å²) in [5.41, 5.74) is 0.515. The Balaban J connectivity index is 2.14. The fourth-order valence-corrected chi connectivity index (χ4v) is 3.31. The first-order valence-electron chi connectivity index (χ1n) is 8.32. The van der Waals surface area contributed by atoms with Crippen LogP contribution in [-0.4, -0.2) is 38.1 Å². The third-order valence-electron chi connectivity index (χ3n) is 4.74. The summed E-state index contributed by atoms with van der Waals surface area (Å²) in [7, 11) is 2.28. The van der Waals surface area contributed by atoms with E-state index in [1.807, 2.05) is 0 Å². The minimum absolute atomic E-state index is 0.515. The third-order valence-corrected chi connectivity index (χ3v) is 4.74. The Kier molecular flexibility index (Phi) is 7.38. The van der Waals surface area contributed by atoms with E-state index in [1.165, 1.54) is 45.2 Å². The van der Waals surface area contributed by atoms with Gasteiger partial charge in [0.15, 0.2) is 0 Å². The topological polar surface area (TPSA) is 15.3 Å². The van der Waals surface area contributed by atoms with Gasteiger partial charge in [-0.05, 0) is 62.9 Å².